The summed E-state index contributed by atoms with van der Waals surface area (Å²) in [6.45, 7) is 1.57. The van der Waals surface area contributed by atoms with Crippen LogP contribution in [0.2, 0.25) is 10.0 Å². The van der Waals surface area contributed by atoms with Crippen LogP contribution in [0.4, 0.5) is 0 Å². The van der Waals surface area contributed by atoms with Crippen LogP contribution in [0.3, 0.4) is 0 Å². The van der Waals surface area contributed by atoms with E-state index in [0.29, 0.717) is 34.6 Å². The van der Waals surface area contributed by atoms with Gasteiger partial charge in [0.2, 0.25) is 0 Å². The zero-order valence-corrected chi connectivity index (χ0v) is 19.8. The van der Waals surface area contributed by atoms with Gasteiger partial charge in [-0.05, 0) is 35.9 Å². The summed E-state index contributed by atoms with van der Waals surface area (Å²) in [7, 11) is 3.29. The minimum absolute atomic E-state index is 0.243. The van der Waals surface area contributed by atoms with Gasteiger partial charge in [0.1, 0.15) is 12.4 Å². The quantitative estimate of drug-likeness (QED) is 0.350. The first kappa shape index (κ1) is 22.8. The maximum atomic E-state index is 6.23. The van der Waals surface area contributed by atoms with Crippen LogP contribution in [0.5, 0.6) is 17.2 Å². The molecular weight excluding hydrogens is 489 g/mol. The van der Waals surface area contributed by atoms with Crippen molar-refractivity contribution in [1.82, 2.24) is 5.32 Å². The molecule has 0 aliphatic carbocycles. The Kier molecular flexibility index (Phi) is 8.28. The van der Waals surface area contributed by atoms with Crippen LogP contribution in [0, 0.1) is 0 Å². The maximum Gasteiger partial charge on any atom is 0.162 e. The van der Waals surface area contributed by atoms with Crippen LogP contribution >= 0.6 is 39.1 Å². The lowest BCUT2D eigenvalue weighted by Crippen LogP contribution is -2.14. The van der Waals surface area contributed by atoms with Gasteiger partial charge < -0.3 is 19.5 Å². The lowest BCUT2D eigenvalue weighted by atomic mass is 10.1. The van der Waals surface area contributed by atoms with Gasteiger partial charge >= 0.3 is 0 Å². The monoisotopic (exact) mass is 509 g/mol. The van der Waals surface area contributed by atoms with Gasteiger partial charge in [0, 0.05) is 38.7 Å². The van der Waals surface area contributed by atoms with Crippen molar-refractivity contribution in [2.75, 3.05) is 14.2 Å². The minimum Gasteiger partial charge on any atom is -0.496 e. The molecule has 0 spiro atoms. The Bertz CT molecular complexity index is 993. The average Bonchev–Trinajstić information content (AvgIpc) is 2.75. The Morgan fingerprint density at radius 1 is 0.800 bits per heavy atom. The highest BCUT2D eigenvalue weighted by atomic mass is 79.9. The smallest absolute Gasteiger partial charge is 0.162 e. The molecule has 0 saturated heterocycles. The molecule has 0 atom stereocenters. The summed E-state index contributed by atoms with van der Waals surface area (Å²) in [5.41, 5.74) is 2.88. The molecule has 3 aromatic carbocycles. The number of halogens is 3. The van der Waals surface area contributed by atoms with Crippen LogP contribution in [0.15, 0.2) is 59.1 Å². The molecule has 30 heavy (non-hydrogen) atoms. The highest BCUT2D eigenvalue weighted by Crippen LogP contribution is 2.35. The molecule has 0 bridgehead atoms. The highest BCUT2D eigenvalue weighted by molar-refractivity contribution is 9.10. The zero-order chi connectivity index (χ0) is 21.5. The lowest BCUT2D eigenvalue weighted by Gasteiger charge is -2.16. The second kappa shape index (κ2) is 10.9. The summed E-state index contributed by atoms with van der Waals surface area (Å²) >= 11 is 16.1. The normalized spacial score (nSPS) is 10.7. The Hall–Kier alpha value is -1.92. The van der Waals surface area contributed by atoms with Crippen LogP contribution in [-0.2, 0) is 19.7 Å². The minimum atomic E-state index is 0.243. The lowest BCUT2D eigenvalue weighted by molar-refractivity contribution is 0.284. The Balaban J connectivity index is 1.69. The van der Waals surface area contributed by atoms with Crippen molar-refractivity contribution in [2.24, 2.45) is 0 Å². The molecule has 0 amide bonds. The fraction of sp³-hybridized carbons (Fsp3) is 0.217. The second-order valence-corrected chi connectivity index (χ2v) is 8.17. The van der Waals surface area contributed by atoms with Gasteiger partial charge in [-0.15, -0.1) is 0 Å². The first-order valence-corrected chi connectivity index (χ1v) is 10.8. The Morgan fingerprint density at radius 2 is 1.47 bits per heavy atom. The summed E-state index contributed by atoms with van der Waals surface area (Å²) < 4.78 is 17.8. The van der Waals surface area contributed by atoms with E-state index < -0.39 is 0 Å². The zero-order valence-electron chi connectivity index (χ0n) is 16.7. The number of benzene rings is 3. The van der Waals surface area contributed by atoms with Crippen molar-refractivity contribution >= 4 is 39.1 Å². The van der Waals surface area contributed by atoms with Crippen LogP contribution < -0.4 is 19.5 Å². The average molecular weight is 511 g/mol. The third-order valence-electron chi connectivity index (χ3n) is 4.59. The van der Waals surface area contributed by atoms with Gasteiger partial charge in [-0.2, -0.15) is 0 Å². The first-order chi connectivity index (χ1) is 14.5. The maximum absolute atomic E-state index is 6.23. The molecule has 0 heterocycles. The standard InChI is InChI=1S/C23H22BrCl2NO3/c1-28-21-9-4-3-6-15(21)12-27-13-16-10-22(29-2)23(11-18(16)24)30-14-17-19(25)7-5-8-20(17)26/h3-11,27H,12-14H2,1-2H3. The summed E-state index contributed by atoms with van der Waals surface area (Å²) in [6, 6.07) is 17.2. The Labute approximate surface area is 195 Å². The molecule has 0 radical (unpaired) electrons. The molecule has 1 N–H and O–H groups in total. The number of hydrogen-bond donors (Lipinski definition) is 1. The first-order valence-electron chi connectivity index (χ1n) is 9.28. The topological polar surface area (TPSA) is 39.7 Å². The van der Waals surface area contributed by atoms with E-state index in [1.807, 2.05) is 36.4 Å². The number of nitrogens with one attached hydrogen (secondary N) is 1. The number of methoxy groups -OCH3 is 2. The number of para-hydroxylation sites is 1. The predicted molar refractivity (Wildman–Crippen MR) is 125 cm³/mol. The van der Waals surface area contributed by atoms with E-state index in [1.165, 1.54) is 0 Å². The van der Waals surface area contributed by atoms with Crippen molar-refractivity contribution in [3.8, 4) is 17.2 Å². The van der Waals surface area contributed by atoms with Gasteiger partial charge in [0.25, 0.3) is 0 Å². The molecule has 0 fully saturated rings. The van der Waals surface area contributed by atoms with E-state index in [4.69, 9.17) is 37.4 Å². The summed E-state index contributed by atoms with van der Waals surface area (Å²) in [5.74, 6) is 2.10. The molecule has 158 valence electrons. The van der Waals surface area contributed by atoms with Crippen molar-refractivity contribution in [1.29, 1.82) is 0 Å². The van der Waals surface area contributed by atoms with E-state index in [1.54, 1.807) is 32.4 Å². The third kappa shape index (κ3) is 5.61. The second-order valence-electron chi connectivity index (χ2n) is 6.50. The molecule has 3 rings (SSSR count). The summed E-state index contributed by atoms with van der Waals surface area (Å²) in [5, 5.41) is 4.57. The van der Waals surface area contributed by atoms with Crippen LogP contribution in [0.1, 0.15) is 16.7 Å². The molecule has 0 aliphatic heterocycles. The fourth-order valence-corrected chi connectivity index (χ4v) is 3.96. The molecule has 0 saturated carbocycles. The molecule has 0 aliphatic rings. The van der Waals surface area contributed by atoms with E-state index in [0.717, 1.165) is 26.9 Å². The summed E-state index contributed by atoms with van der Waals surface area (Å²) in [6.07, 6.45) is 0. The van der Waals surface area contributed by atoms with Gasteiger partial charge in [-0.1, -0.05) is 63.4 Å². The molecule has 3 aromatic rings. The molecular formula is C23H22BrCl2NO3. The SMILES string of the molecule is COc1ccccc1CNCc1cc(OC)c(OCc2c(Cl)cccc2Cl)cc1Br. The summed E-state index contributed by atoms with van der Waals surface area (Å²) in [4.78, 5) is 0. The van der Waals surface area contributed by atoms with Crippen molar-refractivity contribution < 1.29 is 14.2 Å². The Morgan fingerprint density at radius 3 is 2.17 bits per heavy atom. The number of ether oxygens (including phenoxy) is 3. The van der Waals surface area contributed by atoms with E-state index >= 15 is 0 Å². The fourth-order valence-electron chi connectivity index (χ4n) is 2.99. The van der Waals surface area contributed by atoms with Crippen molar-refractivity contribution in [3.63, 3.8) is 0 Å². The largest absolute Gasteiger partial charge is 0.496 e. The van der Waals surface area contributed by atoms with E-state index in [-0.39, 0.29) is 6.61 Å². The van der Waals surface area contributed by atoms with Gasteiger partial charge in [0.05, 0.1) is 14.2 Å². The molecule has 4 nitrogen and oxygen atoms in total. The number of rotatable bonds is 9. The van der Waals surface area contributed by atoms with Gasteiger partial charge in [-0.25, -0.2) is 0 Å². The van der Waals surface area contributed by atoms with E-state index in [9.17, 15) is 0 Å². The molecule has 7 heteroatoms. The molecule has 0 aromatic heterocycles. The van der Waals surface area contributed by atoms with Crippen molar-refractivity contribution in [3.05, 3.63) is 85.8 Å². The third-order valence-corrected chi connectivity index (χ3v) is 6.04. The van der Waals surface area contributed by atoms with Crippen LogP contribution in [-0.4, -0.2) is 14.2 Å². The van der Waals surface area contributed by atoms with Crippen LogP contribution in [0.25, 0.3) is 0 Å². The molecule has 0 unspecified atom stereocenters. The van der Waals surface area contributed by atoms with Crippen molar-refractivity contribution in [2.45, 2.75) is 19.7 Å². The predicted octanol–water partition coefficient (Wildman–Crippen LogP) is 6.64. The van der Waals surface area contributed by atoms with Gasteiger partial charge in [0.15, 0.2) is 11.5 Å². The van der Waals surface area contributed by atoms with Gasteiger partial charge in [-0.3, -0.25) is 0 Å². The van der Waals surface area contributed by atoms with E-state index in [2.05, 4.69) is 21.2 Å². The number of hydrogen-bond acceptors (Lipinski definition) is 4. The highest BCUT2D eigenvalue weighted by Gasteiger charge is 2.13.